The predicted molar refractivity (Wildman–Crippen MR) is 179 cm³/mol. The van der Waals surface area contributed by atoms with Crippen LogP contribution in [0, 0.1) is 5.92 Å². The van der Waals surface area contributed by atoms with Crippen LogP contribution in [0.5, 0.6) is 5.75 Å². The molecular weight excluding hydrogens is 625 g/mol. The van der Waals surface area contributed by atoms with Crippen LogP contribution in [0.1, 0.15) is 29.6 Å². The van der Waals surface area contributed by atoms with Gasteiger partial charge >= 0.3 is 6.09 Å². The number of piperidine rings is 1. The van der Waals surface area contributed by atoms with Crippen LogP contribution < -0.4 is 15.8 Å². The summed E-state index contributed by atoms with van der Waals surface area (Å²) in [6.07, 6.45) is 0.734. The summed E-state index contributed by atoms with van der Waals surface area (Å²) in [5.74, 6) is 1.40. The van der Waals surface area contributed by atoms with Crippen LogP contribution >= 0.6 is 11.6 Å². The number of nitrogens with one attached hydrogen (secondary N) is 1. The molecule has 2 aromatic carbocycles. The van der Waals surface area contributed by atoms with E-state index in [1.165, 1.54) is 12.0 Å². The lowest BCUT2D eigenvalue weighted by Crippen LogP contribution is -2.50. The van der Waals surface area contributed by atoms with E-state index < -0.39 is 18.3 Å². The molecule has 3 N–H and O–H groups in total. The summed E-state index contributed by atoms with van der Waals surface area (Å²) in [6.45, 7) is 1.06. The fourth-order valence-electron chi connectivity index (χ4n) is 6.43. The number of anilines is 1. The van der Waals surface area contributed by atoms with Gasteiger partial charge in [0.1, 0.15) is 23.1 Å². The standard InChI is InChI=1S/C34H35ClFN7O4/c1-41-30-26(11-20(13-28(30)46-2)33(44)42-16-21(36)14-22(37)17-42)39-32(41)27-12-19-9-10-24(38-31(19)43(27)15-18-7-8-18)23-5-4-6-25(29(23)35)40-34(45)47-3/h4-6,9-13,18,21-22H,7-8,14-17,37H2,1-3H3,(H,40,45)/t21-,22-/m1/s1. The van der Waals surface area contributed by atoms with Crippen molar-refractivity contribution in [3.8, 4) is 28.5 Å². The van der Waals surface area contributed by atoms with Crippen LogP contribution in [0.4, 0.5) is 14.9 Å². The first-order valence-corrected chi connectivity index (χ1v) is 15.9. The summed E-state index contributed by atoms with van der Waals surface area (Å²) in [5, 5.41) is 3.93. The van der Waals surface area contributed by atoms with Crippen molar-refractivity contribution in [2.24, 2.45) is 18.7 Å². The SMILES string of the molecule is COC(=O)Nc1cccc(-c2ccc3cc(-c4nc5cc(C(=O)N6C[C@H](N)C[C@@H](F)C6)cc(OC)c5n4C)n(CC4CC4)c3n2)c1Cl. The zero-order chi connectivity index (χ0) is 33.0. The summed E-state index contributed by atoms with van der Waals surface area (Å²) in [7, 11) is 4.77. The average Bonchev–Trinajstić information content (AvgIpc) is 3.73. The highest BCUT2D eigenvalue weighted by atomic mass is 35.5. The Morgan fingerprint density at radius 3 is 2.64 bits per heavy atom. The number of benzene rings is 2. The van der Waals surface area contributed by atoms with Crippen molar-refractivity contribution in [2.45, 2.75) is 38.0 Å². The number of amides is 2. The number of nitrogens with two attached hydrogens (primary N) is 1. The van der Waals surface area contributed by atoms with Gasteiger partial charge in [0.2, 0.25) is 0 Å². The first-order valence-electron chi connectivity index (χ1n) is 15.5. The summed E-state index contributed by atoms with van der Waals surface area (Å²) in [6, 6.07) is 14.3. The zero-order valence-electron chi connectivity index (χ0n) is 26.3. The molecule has 5 aromatic rings. The molecule has 11 nitrogen and oxygen atoms in total. The molecule has 0 bridgehead atoms. The number of fused-ring (bicyclic) bond motifs is 2. The van der Waals surface area contributed by atoms with E-state index in [9.17, 15) is 14.0 Å². The molecular formula is C34H35ClFN7O4. The van der Waals surface area contributed by atoms with Gasteiger partial charge in [-0.2, -0.15) is 0 Å². The van der Waals surface area contributed by atoms with Crippen LogP contribution in [-0.2, 0) is 18.3 Å². The van der Waals surface area contributed by atoms with E-state index in [2.05, 4.69) is 16.0 Å². The van der Waals surface area contributed by atoms with E-state index >= 15 is 0 Å². The van der Waals surface area contributed by atoms with Crippen LogP contribution in [0.25, 0.3) is 44.8 Å². The predicted octanol–water partition coefficient (Wildman–Crippen LogP) is 6.02. The highest BCUT2D eigenvalue weighted by Crippen LogP contribution is 2.39. The zero-order valence-corrected chi connectivity index (χ0v) is 27.1. The number of nitrogens with zero attached hydrogens (tertiary/aromatic N) is 5. The lowest BCUT2D eigenvalue weighted by atomic mass is 10.0. The van der Waals surface area contributed by atoms with E-state index in [4.69, 9.17) is 36.8 Å². The Bertz CT molecular complexity index is 2030. The van der Waals surface area contributed by atoms with Gasteiger partial charge in [0.25, 0.3) is 5.91 Å². The van der Waals surface area contributed by atoms with Crippen molar-refractivity contribution in [1.29, 1.82) is 0 Å². The van der Waals surface area contributed by atoms with Crippen LogP contribution in [0.15, 0.2) is 48.5 Å². The minimum atomic E-state index is -1.16. The summed E-state index contributed by atoms with van der Waals surface area (Å²) in [4.78, 5) is 36.9. The largest absolute Gasteiger partial charge is 0.494 e. The van der Waals surface area contributed by atoms with Crippen LogP contribution in [-0.4, -0.2) is 75.5 Å². The Hall–Kier alpha value is -4.68. The molecule has 3 aromatic heterocycles. The Morgan fingerprint density at radius 2 is 1.91 bits per heavy atom. The van der Waals surface area contributed by atoms with E-state index in [1.807, 2.05) is 29.8 Å². The average molecular weight is 660 g/mol. The number of rotatable bonds is 7. The third-order valence-electron chi connectivity index (χ3n) is 8.93. The number of ether oxygens (including phenoxy) is 2. The fraction of sp³-hybridized carbons (Fsp3) is 0.353. The number of imidazole rings is 1. The Morgan fingerprint density at radius 1 is 1.11 bits per heavy atom. The molecule has 1 aliphatic heterocycles. The van der Waals surface area contributed by atoms with Gasteiger partial charge in [0, 0.05) is 42.7 Å². The topological polar surface area (TPSA) is 130 Å². The molecule has 13 heteroatoms. The van der Waals surface area contributed by atoms with Crippen molar-refractivity contribution in [3.63, 3.8) is 0 Å². The molecule has 244 valence electrons. The third-order valence-corrected chi connectivity index (χ3v) is 9.34. The molecule has 0 unspecified atom stereocenters. The summed E-state index contributed by atoms with van der Waals surface area (Å²) in [5.41, 5.74) is 11.1. The summed E-state index contributed by atoms with van der Waals surface area (Å²) >= 11 is 6.73. The molecule has 1 saturated heterocycles. The van der Waals surface area contributed by atoms with Crippen molar-refractivity contribution >= 4 is 51.4 Å². The highest BCUT2D eigenvalue weighted by molar-refractivity contribution is 6.36. The number of halogens is 2. The van der Waals surface area contributed by atoms with Gasteiger partial charge in [-0.15, -0.1) is 0 Å². The molecule has 1 aliphatic carbocycles. The molecule has 2 amide bonds. The molecule has 4 heterocycles. The van der Waals surface area contributed by atoms with E-state index in [0.717, 1.165) is 41.6 Å². The van der Waals surface area contributed by atoms with Crippen LogP contribution in [0.3, 0.4) is 0 Å². The maximum Gasteiger partial charge on any atom is 0.411 e. The molecule has 2 aliphatic rings. The minimum Gasteiger partial charge on any atom is -0.494 e. The second-order valence-corrected chi connectivity index (χ2v) is 12.7. The number of carbonyl (C=O) groups excluding carboxylic acids is 2. The van der Waals surface area contributed by atoms with E-state index in [0.29, 0.717) is 57.1 Å². The molecule has 7 rings (SSSR count). The first kappa shape index (κ1) is 30.9. The van der Waals surface area contributed by atoms with Gasteiger partial charge < -0.3 is 29.2 Å². The minimum absolute atomic E-state index is 0.00785. The highest BCUT2D eigenvalue weighted by Gasteiger charge is 2.31. The van der Waals surface area contributed by atoms with E-state index in [-0.39, 0.29) is 18.9 Å². The number of likely N-dealkylation sites (tertiary alicyclic amines) is 1. The Kier molecular flexibility index (Phi) is 8.01. The van der Waals surface area contributed by atoms with E-state index in [1.54, 1.807) is 31.4 Å². The molecule has 47 heavy (non-hydrogen) atoms. The molecule has 0 spiro atoms. The lowest BCUT2D eigenvalue weighted by Gasteiger charge is -2.33. The van der Waals surface area contributed by atoms with Crippen molar-refractivity contribution in [3.05, 3.63) is 59.1 Å². The number of methoxy groups -OCH3 is 2. The third kappa shape index (κ3) is 5.76. The van der Waals surface area contributed by atoms with Gasteiger partial charge in [-0.3, -0.25) is 10.1 Å². The quantitative estimate of drug-likeness (QED) is 0.219. The monoisotopic (exact) mass is 659 g/mol. The Labute approximate surface area is 275 Å². The molecule has 0 radical (unpaired) electrons. The number of aromatic nitrogens is 4. The number of aryl methyl sites for hydroxylation is 1. The number of hydrogen-bond donors (Lipinski definition) is 2. The normalized spacial score (nSPS) is 18.1. The van der Waals surface area contributed by atoms with Gasteiger partial charge in [0.15, 0.2) is 5.82 Å². The molecule has 2 atom stereocenters. The van der Waals surface area contributed by atoms with Crippen molar-refractivity contribution < 1.29 is 23.5 Å². The Balaban J connectivity index is 1.32. The van der Waals surface area contributed by atoms with Crippen molar-refractivity contribution in [1.82, 2.24) is 24.0 Å². The lowest BCUT2D eigenvalue weighted by molar-refractivity contribution is 0.0606. The van der Waals surface area contributed by atoms with Crippen LogP contribution in [0.2, 0.25) is 5.02 Å². The van der Waals surface area contributed by atoms with Gasteiger partial charge in [-0.1, -0.05) is 23.7 Å². The summed E-state index contributed by atoms with van der Waals surface area (Å²) < 4.78 is 28.9. The van der Waals surface area contributed by atoms with Gasteiger partial charge in [-0.25, -0.2) is 19.2 Å². The number of alkyl halides is 1. The first-order chi connectivity index (χ1) is 22.6. The number of hydrogen-bond acceptors (Lipinski definition) is 7. The molecule has 1 saturated carbocycles. The number of pyridine rings is 1. The van der Waals surface area contributed by atoms with Gasteiger partial charge in [-0.05, 0) is 61.6 Å². The number of carbonyl (C=O) groups is 2. The second kappa shape index (κ2) is 12.2. The second-order valence-electron chi connectivity index (χ2n) is 12.3. The van der Waals surface area contributed by atoms with Gasteiger partial charge in [0.05, 0.1) is 48.4 Å². The maximum atomic E-state index is 14.3. The van der Waals surface area contributed by atoms with Crippen molar-refractivity contribution in [2.75, 3.05) is 32.6 Å². The fourth-order valence-corrected chi connectivity index (χ4v) is 6.70. The maximum absolute atomic E-state index is 14.3. The molecule has 2 fully saturated rings. The smallest absolute Gasteiger partial charge is 0.411 e.